The Hall–Kier alpha value is -0.830. The van der Waals surface area contributed by atoms with Crippen LogP contribution in [0.3, 0.4) is 0 Å². The predicted molar refractivity (Wildman–Crippen MR) is 54.5 cm³/mol. The third-order valence-electron chi connectivity index (χ3n) is 2.19. The van der Waals surface area contributed by atoms with E-state index >= 15 is 0 Å². The van der Waals surface area contributed by atoms with Gasteiger partial charge in [-0.15, -0.1) is 0 Å². The van der Waals surface area contributed by atoms with Crippen LogP contribution in [0.1, 0.15) is 57.1 Å². The van der Waals surface area contributed by atoms with Crippen LogP contribution in [0.25, 0.3) is 0 Å². The summed E-state index contributed by atoms with van der Waals surface area (Å²) in [4.78, 5) is 7.54. The fourth-order valence-corrected chi connectivity index (χ4v) is 1.28. The maximum Gasteiger partial charge on any atom is 0.123 e. The van der Waals surface area contributed by atoms with Gasteiger partial charge < -0.3 is 10.7 Å². The van der Waals surface area contributed by atoms with Gasteiger partial charge in [0, 0.05) is 11.9 Å². The second kappa shape index (κ2) is 4.42. The van der Waals surface area contributed by atoms with Gasteiger partial charge in [-0.3, -0.25) is 0 Å². The number of H-pyrrole nitrogens is 1. The molecular formula is C10H19N3. The monoisotopic (exact) mass is 181 g/mol. The SMILES string of the molecule is CCCC(N)c1ncc(C(C)C)[nH]1. The van der Waals surface area contributed by atoms with Gasteiger partial charge in [-0.2, -0.15) is 0 Å². The Balaban J connectivity index is 2.67. The van der Waals surface area contributed by atoms with Gasteiger partial charge in [0.1, 0.15) is 5.82 Å². The third-order valence-corrected chi connectivity index (χ3v) is 2.19. The first-order valence-corrected chi connectivity index (χ1v) is 4.95. The number of hydrogen-bond donors (Lipinski definition) is 2. The lowest BCUT2D eigenvalue weighted by Crippen LogP contribution is -2.11. The fourth-order valence-electron chi connectivity index (χ4n) is 1.28. The van der Waals surface area contributed by atoms with Crippen molar-refractivity contribution < 1.29 is 0 Å². The molecule has 0 aromatic carbocycles. The Kier molecular flexibility index (Phi) is 3.48. The molecule has 74 valence electrons. The molecule has 0 aliphatic heterocycles. The molecule has 1 aromatic rings. The molecular weight excluding hydrogens is 162 g/mol. The molecule has 1 atom stereocenters. The van der Waals surface area contributed by atoms with Gasteiger partial charge in [-0.05, 0) is 12.3 Å². The molecule has 0 saturated heterocycles. The van der Waals surface area contributed by atoms with E-state index in [-0.39, 0.29) is 6.04 Å². The van der Waals surface area contributed by atoms with E-state index in [4.69, 9.17) is 5.73 Å². The van der Waals surface area contributed by atoms with Crippen LogP contribution in [0.15, 0.2) is 6.20 Å². The van der Waals surface area contributed by atoms with Crippen molar-refractivity contribution in [2.45, 2.75) is 45.6 Å². The van der Waals surface area contributed by atoms with Gasteiger partial charge in [-0.1, -0.05) is 27.2 Å². The Bertz CT molecular complexity index is 252. The zero-order valence-electron chi connectivity index (χ0n) is 8.67. The molecule has 0 aliphatic carbocycles. The second-order valence-electron chi connectivity index (χ2n) is 3.77. The lowest BCUT2D eigenvalue weighted by Gasteiger charge is -2.06. The van der Waals surface area contributed by atoms with Crippen LogP contribution in [0.5, 0.6) is 0 Å². The molecule has 1 heterocycles. The number of rotatable bonds is 4. The van der Waals surface area contributed by atoms with Crippen LogP contribution in [-0.2, 0) is 0 Å². The van der Waals surface area contributed by atoms with E-state index in [9.17, 15) is 0 Å². The van der Waals surface area contributed by atoms with E-state index in [1.165, 1.54) is 5.69 Å². The fraction of sp³-hybridized carbons (Fsp3) is 0.700. The molecule has 0 fully saturated rings. The first-order valence-electron chi connectivity index (χ1n) is 4.95. The van der Waals surface area contributed by atoms with E-state index in [1.807, 2.05) is 6.20 Å². The van der Waals surface area contributed by atoms with Gasteiger partial charge in [0.25, 0.3) is 0 Å². The number of imidazole rings is 1. The average Bonchev–Trinajstić information content (AvgIpc) is 2.52. The standard InChI is InChI=1S/C10H19N3/c1-4-5-8(11)10-12-6-9(13-10)7(2)3/h6-8H,4-5,11H2,1-3H3,(H,12,13). The highest BCUT2D eigenvalue weighted by Gasteiger charge is 2.10. The van der Waals surface area contributed by atoms with Crippen molar-refractivity contribution in [1.29, 1.82) is 0 Å². The lowest BCUT2D eigenvalue weighted by molar-refractivity contribution is 0.606. The van der Waals surface area contributed by atoms with Crippen LogP contribution >= 0.6 is 0 Å². The smallest absolute Gasteiger partial charge is 0.123 e. The van der Waals surface area contributed by atoms with E-state index in [2.05, 4.69) is 30.7 Å². The van der Waals surface area contributed by atoms with Gasteiger partial charge in [0.05, 0.1) is 6.04 Å². The molecule has 3 heteroatoms. The number of nitrogens with one attached hydrogen (secondary N) is 1. The molecule has 0 radical (unpaired) electrons. The van der Waals surface area contributed by atoms with Crippen LogP contribution < -0.4 is 5.73 Å². The summed E-state index contributed by atoms with van der Waals surface area (Å²) in [5, 5.41) is 0. The van der Waals surface area contributed by atoms with Crippen LogP contribution in [0.4, 0.5) is 0 Å². The molecule has 1 aromatic heterocycles. The lowest BCUT2D eigenvalue weighted by atomic mass is 10.1. The molecule has 3 N–H and O–H groups in total. The van der Waals surface area contributed by atoms with E-state index in [0.717, 1.165) is 18.7 Å². The van der Waals surface area contributed by atoms with Crippen molar-refractivity contribution >= 4 is 0 Å². The Morgan fingerprint density at radius 3 is 2.69 bits per heavy atom. The molecule has 1 rings (SSSR count). The molecule has 1 unspecified atom stereocenters. The summed E-state index contributed by atoms with van der Waals surface area (Å²) in [6, 6.07) is 0.0671. The van der Waals surface area contributed by atoms with Crippen LogP contribution in [0, 0.1) is 0 Å². The van der Waals surface area contributed by atoms with Crippen LogP contribution in [0.2, 0.25) is 0 Å². The predicted octanol–water partition coefficient (Wildman–Crippen LogP) is 2.33. The zero-order valence-corrected chi connectivity index (χ0v) is 8.67. The molecule has 0 saturated carbocycles. The summed E-state index contributed by atoms with van der Waals surface area (Å²) >= 11 is 0. The molecule has 3 nitrogen and oxygen atoms in total. The van der Waals surface area contributed by atoms with Gasteiger partial charge in [0.15, 0.2) is 0 Å². The first kappa shape index (κ1) is 10.3. The average molecular weight is 181 g/mol. The Labute approximate surface area is 79.8 Å². The number of aromatic amines is 1. The summed E-state index contributed by atoms with van der Waals surface area (Å²) in [6.07, 6.45) is 3.97. The number of aromatic nitrogens is 2. The molecule has 0 aliphatic rings. The maximum absolute atomic E-state index is 5.93. The van der Waals surface area contributed by atoms with Gasteiger partial charge in [0.2, 0.25) is 0 Å². The van der Waals surface area contributed by atoms with Gasteiger partial charge >= 0.3 is 0 Å². The van der Waals surface area contributed by atoms with E-state index in [1.54, 1.807) is 0 Å². The topological polar surface area (TPSA) is 54.7 Å². The van der Waals surface area contributed by atoms with Crippen molar-refractivity contribution in [3.8, 4) is 0 Å². The normalized spacial score (nSPS) is 13.6. The summed E-state index contributed by atoms with van der Waals surface area (Å²) in [6.45, 7) is 6.41. The maximum atomic E-state index is 5.93. The van der Waals surface area contributed by atoms with E-state index < -0.39 is 0 Å². The minimum Gasteiger partial charge on any atom is -0.344 e. The van der Waals surface area contributed by atoms with E-state index in [0.29, 0.717) is 5.92 Å². The molecule has 0 spiro atoms. The third kappa shape index (κ3) is 2.56. The minimum absolute atomic E-state index is 0.0671. The van der Waals surface area contributed by atoms with Crippen molar-refractivity contribution in [2.24, 2.45) is 5.73 Å². The minimum atomic E-state index is 0.0671. The highest BCUT2D eigenvalue weighted by molar-refractivity contribution is 5.07. The number of nitrogens with two attached hydrogens (primary N) is 1. The van der Waals surface area contributed by atoms with Crippen molar-refractivity contribution in [3.63, 3.8) is 0 Å². The summed E-state index contributed by atoms with van der Waals surface area (Å²) in [5.41, 5.74) is 7.09. The summed E-state index contributed by atoms with van der Waals surface area (Å²) in [5.74, 6) is 1.42. The molecule has 13 heavy (non-hydrogen) atoms. The Morgan fingerprint density at radius 2 is 2.23 bits per heavy atom. The zero-order chi connectivity index (χ0) is 9.84. The van der Waals surface area contributed by atoms with Crippen molar-refractivity contribution in [2.75, 3.05) is 0 Å². The molecule has 0 amide bonds. The van der Waals surface area contributed by atoms with Crippen molar-refractivity contribution in [3.05, 3.63) is 17.7 Å². The van der Waals surface area contributed by atoms with Gasteiger partial charge in [-0.25, -0.2) is 4.98 Å². The second-order valence-corrected chi connectivity index (χ2v) is 3.77. The highest BCUT2D eigenvalue weighted by Crippen LogP contribution is 2.16. The highest BCUT2D eigenvalue weighted by atomic mass is 15.0. The number of nitrogens with zero attached hydrogens (tertiary/aromatic N) is 1. The first-order chi connectivity index (χ1) is 6.15. The largest absolute Gasteiger partial charge is 0.344 e. The number of hydrogen-bond acceptors (Lipinski definition) is 2. The Morgan fingerprint density at radius 1 is 1.54 bits per heavy atom. The summed E-state index contributed by atoms with van der Waals surface area (Å²) < 4.78 is 0. The summed E-state index contributed by atoms with van der Waals surface area (Å²) in [7, 11) is 0. The quantitative estimate of drug-likeness (QED) is 0.749. The van der Waals surface area contributed by atoms with Crippen LogP contribution in [-0.4, -0.2) is 9.97 Å². The van der Waals surface area contributed by atoms with Crippen molar-refractivity contribution in [1.82, 2.24) is 9.97 Å². The molecule has 0 bridgehead atoms.